The quantitative estimate of drug-likeness (QED) is 0.771. The molecule has 88 valence electrons. The fourth-order valence-corrected chi connectivity index (χ4v) is 1.35. The van der Waals surface area contributed by atoms with E-state index in [2.05, 4.69) is 5.32 Å². The molecule has 0 aromatic heterocycles. The van der Waals surface area contributed by atoms with Gasteiger partial charge in [-0.25, -0.2) is 0 Å². The lowest BCUT2D eigenvalue weighted by Gasteiger charge is -2.11. The highest BCUT2D eigenvalue weighted by molar-refractivity contribution is 5.78. The highest BCUT2D eigenvalue weighted by Gasteiger charge is 2.07. The van der Waals surface area contributed by atoms with E-state index in [9.17, 15) is 4.79 Å². The van der Waals surface area contributed by atoms with Crippen molar-refractivity contribution in [3.05, 3.63) is 29.8 Å². The molecule has 0 radical (unpaired) electrons. The molecule has 1 aromatic rings. The molecule has 16 heavy (non-hydrogen) atoms. The van der Waals surface area contributed by atoms with E-state index in [-0.39, 0.29) is 11.9 Å². The second-order valence-electron chi connectivity index (χ2n) is 3.73. The number of nitrogens with one attached hydrogen (secondary N) is 1. The van der Waals surface area contributed by atoms with Gasteiger partial charge in [-0.2, -0.15) is 0 Å². The molecule has 4 nitrogen and oxygen atoms in total. The number of rotatable bonds is 5. The van der Waals surface area contributed by atoms with Gasteiger partial charge in [0.05, 0.1) is 13.5 Å². The van der Waals surface area contributed by atoms with Gasteiger partial charge in [-0.05, 0) is 24.6 Å². The fraction of sp³-hybridized carbons (Fsp3) is 0.417. The van der Waals surface area contributed by atoms with Crippen molar-refractivity contribution in [1.82, 2.24) is 5.32 Å². The van der Waals surface area contributed by atoms with Gasteiger partial charge in [-0.1, -0.05) is 12.1 Å². The van der Waals surface area contributed by atoms with E-state index >= 15 is 0 Å². The SMILES string of the molecule is COc1cccc(CC(=O)N[C@@H](C)CN)c1. The third-order valence-electron chi connectivity index (χ3n) is 2.26. The standard InChI is InChI=1S/C12H18N2O2/c1-9(8-13)14-12(15)7-10-4-3-5-11(6-10)16-2/h3-6,9H,7-8,13H2,1-2H3,(H,14,15)/t9-/m0/s1. The minimum atomic E-state index is -0.0220. The van der Waals surface area contributed by atoms with Crippen LogP contribution in [0, 0.1) is 0 Å². The Balaban J connectivity index is 2.55. The van der Waals surface area contributed by atoms with Crippen molar-refractivity contribution in [3.63, 3.8) is 0 Å². The lowest BCUT2D eigenvalue weighted by atomic mass is 10.1. The zero-order valence-corrected chi connectivity index (χ0v) is 9.69. The van der Waals surface area contributed by atoms with Crippen molar-refractivity contribution >= 4 is 5.91 Å². The van der Waals surface area contributed by atoms with Crippen LogP contribution in [-0.4, -0.2) is 25.6 Å². The van der Waals surface area contributed by atoms with Gasteiger partial charge in [-0.3, -0.25) is 4.79 Å². The van der Waals surface area contributed by atoms with Gasteiger partial charge < -0.3 is 15.8 Å². The lowest BCUT2D eigenvalue weighted by Crippen LogP contribution is -2.38. The molecule has 0 aliphatic carbocycles. The second kappa shape index (κ2) is 6.12. The van der Waals surface area contributed by atoms with Crippen LogP contribution in [-0.2, 0) is 11.2 Å². The number of carbonyl (C=O) groups is 1. The molecule has 0 bridgehead atoms. The van der Waals surface area contributed by atoms with E-state index in [1.165, 1.54) is 0 Å². The second-order valence-corrected chi connectivity index (χ2v) is 3.73. The zero-order chi connectivity index (χ0) is 12.0. The van der Waals surface area contributed by atoms with Gasteiger partial charge in [0.2, 0.25) is 5.91 Å². The third kappa shape index (κ3) is 3.90. The van der Waals surface area contributed by atoms with E-state index in [1.807, 2.05) is 31.2 Å². The number of nitrogens with two attached hydrogens (primary N) is 1. The van der Waals surface area contributed by atoms with Crippen molar-refractivity contribution in [3.8, 4) is 5.75 Å². The molecule has 3 N–H and O–H groups in total. The molecule has 1 amide bonds. The molecule has 4 heteroatoms. The summed E-state index contributed by atoms with van der Waals surface area (Å²) in [6, 6.07) is 7.48. The molecule has 0 aliphatic rings. The topological polar surface area (TPSA) is 64.3 Å². The molecule has 0 saturated heterocycles. The minimum absolute atomic E-state index is 0.0121. The highest BCUT2D eigenvalue weighted by Crippen LogP contribution is 2.12. The third-order valence-corrected chi connectivity index (χ3v) is 2.26. The predicted molar refractivity (Wildman–Crippen MR) is 63.4 cm³/mol. The summed E-state index contributed by atoms with van der Waals surface area (Å²) in [4.78, 5) is 11.6. The van der Waals surface area contributed by atoms with E-state index in [4.69, 9.17) is 10.5 Å². The summed E-state index contributed by atoms with van der Waals surface area (Å²) in [5.41, 5.74) is 6.36. The number of benzene rings is 1. The predicted octanol–water partition coefficient (Wildman–Crippen LogP) is 0.701. The van der Waals surface area contributed by atoms with Crippen LogP contribution in [0.1, 0.15) is 12.5 Å². The Morgan fingerprint density at radius 1 is 1.56 bits per heavy atom. The zero-order valence-electron chi connectivity index (χ0n) is 9.69. The minimum Gasteiger partial charge on any atom is -0.497 e. The molecule has 1 rings (SSSR count). The number of ether oxygens (including phenoxy) is 1. The molecular weight excluding hydrogens is 204 g/mol. The lowest BCUT2D eigenvalue weighted by molar-refractivity contribution is -0.120. The number of hydrogen-bond donors (Lipinski definition) is 2. The Bertz CT molecular complexity index is 353. The summed E-state index contributed by atoms with van der Waals surface area (Å²) in [7, 11) is 1.61. The number of methoxy groups -OCH3 is 1. The Morgan fingerprint density at radius 2 is 2.31 bits per heavy atom. The maximum absolute atomic E-state index is 11.6. The van der Waals surface area contributed by atoms with Gasteiger partial charge in [0.15, 0.2) is 0 Å². The summed E-state index contributed by atoms with van der Waals surface area (Å²) in [6.07, 6.45) is 0.349. The Hall–Kier alpha value is -1.55. The monoisotopic (exact) mass is 222 g/mol. The van der Waals surface area contributed by atoms with Crippen molar-refractivity contribution in [1.29, 1.82) is 0 Å². The fourth-order valence-electron chi connectivity index (χ4n) is 1.35. The molecule has 0 aliphatic heterocycles. The van der Waals surface area contributed by atoms with E-state index < -0.39 is 0 Å². The van der Waals surface area contributed by atoms with E-state index in [1.54, 1.807) is 7.11 Å². The van der Waals surface area contributed by atoms with Gasteiger partial charge in [0, 0.05) is 12.6 Å². The Labute approximate surface area is 95.8 Å². The molecule has 1 aromatic carbocycles. The summed E-state index contributed by atoms with van der Waals surface area (Å²) >= 11 is 0. The summed E-state index contributed by atoms with van der Waals surface area (Å²) < 4.78 is 5.09. The van der Waals surface area contributed by atoms with Crippen LogP contribution >= 0.6 is 0 Å². The summed E-state index contributed by atoms with van der Waals surface area (Å²) in [5, 5.41) is 2.81. The van der Waals surface area contributed by atoms with Crippen LogP contribution in [0.5, 0.6) is 5.75 Å². The smallest absolute Gasteiger partial charge is 0.224 e. The Kier molecular flexibility index (Phi) is 4.79. The molecule has 1 atom stereocenters. The van der Waals surface area contributed by atoms with E-state index in [0.29, 0.717) is 13.0 Å². The summed E-state index contributed by atoms with van der Waals surface area (Å²) in [6.45, 7) is 2.33. The van der Waals surface area contributed by atoms with Crippen LogP contribution < -0.4 is 15.8 Å². The number of carbonyl (C=O) groups excluding carboxylic acids is 1. The highest BCUT2D eigenvalue weighted by atomic mass is 16.5. The average Bonchev–Trinajstić information content (AvgIpc) is 2.28. The first-order valence-corrected chi connectivity index (χ1v) is 5.28. The van der Waals surface area contributed by atoms with Gasteiger partial charge in [0.25, 0.3) is 0 Å². The molecular formula is C12H18N2O2. The van der Waals surface area contributed by atoms with Crippen molar-refractivity contribution in [2.24, 2.45) is 5.73 Å². The van der Waals surface area contributed by atoms with Crippen LogP contribution in [0.2, 0.25) is 0 Å². The first kappa shape index (κ1) is 12.5. The molecule has 0 spiro atoms. The molecule has 0 heterocycles. The van der Waals surface area contributed by atoms with Crippen LogP contribution in [0.4, 0.5) is 0 Å². The molecule has 0 fully saturated rings. The Morgan fingerprint density at radius 3 is 2.94 bits per heavy atom. The number of hydrogen-bond acceptors (Lipinski definition) is 3. The summed E-state index contributed by atoms with van der Waals surface area (Å²) in [5.74, 6) is 0.739. The van der Waals surface area contributed by atoms with Crippen molar-refractivity contribution in [2.45, 2.75) is 19.4 Å². The normalized spacial score (nSPS) is 11.9. The largest absolute Gasteiger partial charge is 0.497 e. The van der Waals surface area contributed by atoms with Crippen LogP contribution in [0.25, 0.3) is 0 Å². The molecule has 0 saturated carbocycles. The van der Waals surface area contributed by atoms with Gasteiger partial charge in [-0.15, -0.1) is 0 Å². The van der Waals surface area contributed by atoms with Gasteiger partial charge >= 0.3 is 0 Å². The maximum Gasteiger partial charge on any atom is 0.224 e. The number of amides is 1. The maximum atomic E-state index is 11.6. The average molecular weight is 222 g/mol. The molecule has 0 unspecified atom stereocenters. The van der Waals surface area contributed by atoms with Crippen LogP contribution in [0.3, 0.4) is 0 Å². The van der Waals surface area contributed by atoms with Crippen molar-refractivity contribution < 1.29 is 9.53 Å². The van der Waals surface area contributed by atoms with Crippen molar-refractivity contribution in [2.75, 3.05) is 13.7 Å². The van der Waals surface area contributed by atoms with Crippen LogP contribution in [0.15, 0.2) is 24.3 Å². The first-order valence-electron chi connectivity index (χ1n) is 5.28. The van der Waals surface area contributed by atoms with Gasteiger partial charge in [0.1, 0.15) is 5.75 Å². The van der Waals surface area contributed by atoms with E-state index in [0.717, 1.165) is 11.3 Å². The first-order chi connectivity index (χ1) is 7.65.